The second kappa shape index (κ2) is 8.54. The first-order chi connectivity index (χ1) is 15.0. The molecule has 0 radical (unpaired) electrons. The van der Waals surface area contributed by atoms with E-state index in [1.807, 2.05) is 0 Å². The SMILES string of the molecule is CC(Oc1ccc(S(C)(=O)=O)cc1C(=O)N1Cc2ccc(CC(F)(F)F)cc2C1)C(F)(F)F. The molecule has 0 spiro atoms. The summed E-state index contributed by atoms with van der Waals surface area (Å²) in [6, 6.07) is 7.04. The van der Waals surface area contributed by atoms with Crippen molar-refractivity contribution in [2.75, 3.05) is 6.26 Å². The summed E-state index contributed by atoms with van der Waals surface area (Å²) in [6.07, 6.45) is -11.7. The number of halogens is 6. The predicted octanol–water partition coefficient (Wildman–Crippen LogP) is 4.68. The van der Waals surface area contributed by atoms with E-state index in [0.29, 0.717) is 11.1 Å². The fourth-order valence-corrected chi connectivity index (χ4v) is 4.02. The van der Waals surface area contributed by atoms with Crippen LogP contribution in [0.3, 0.4) is 0 Å². The number of amides is 1. The lowest BCUT2D eigenvalue weighted by Gasteiger charge is -2.22. The molecule has 0 saturated carbocycles. The Morgan fingerprint density at radius 1 is 1.03 bits per heavy atom. The molecular formula is C21H19F6NO4S. The van der Waals surface area contributed by atoms with Gasteiger partial charge >= 0.3 is 12.4 Å². The second-order valence-corrected chi connectivity index (χ2v) is 9.80. The molecule has 5 nitrogen and oxygen atoms in total. The van der Waals surface area contributed by atoms with Crippen molar-refractivity contribution in [2.24, 2.45) is 0 Å². The molecule has 1 atom stereocenters. The maximum Gasteiger partial charge on any atom is 0.425 e. The lowest BCUT2D eigenvalue weighted by atomic mass is 10.0. The van der Waals surface area contributed by atoms with E-state index in [0.717, 1.165) is 31.4 Å². The lowest BCUT2D eigenvalue weighted by Crippen LogP contribution is -2.32. The van der Waals surface area contributed by atoms with Gasteiger partial charge in [-0.15, -0.1) is 0 Å². The molecule has 2 aromatic rings. The van der Waals surface area contributed by atoms with Crippen molar-refractivity contribution >= 4 is 15.7 Å². The van der Waals surface area contributed by atoms with Crippen LogP contribution >= 0.6 is 0 Å². The fraction of sp³-hybridized carbons (Fsp3) is 0.381. The first kappa shape index (κ1) is 24.9. The molecule has 1 amide bonds. The molecule has 33 heavy (non-hydrogen) atoms. The smallest absolute Gasteiger partial charge is 0.425 e. The molecule has 1 heterocycles. The molecule has 3 rings (SSSR count). The first-order valence-electron chi connectivity index (χ1n) is 9.59. The Kier molecular flexibility index (Phi) is 6.44. The summed E-state index contributed by atoms with van der Waals surface area (Å²) >= 11 is 0. The number of ether oxygens (including phenoxy) is 1. The largest absolute Gasteiger partial charge is 0.480 e. The summed E-state index contributed by atoms with van der Waals surface area (Å²) < 4.78 is 106. The van der Waals surface area contributed by atoms with E-state index in [9.17, 15) is 39.6 Å². The van der Waals surface area contributed by atoms with Crippen molar-refractivity contribution in [3.05, 3.63) is 58.7 Å². The summed E-state index contributed by atoms with van der Waals surface area (Å²) in [5.74, 6) is -1.26. The van der Waals surface area contributed by atoms with Gasteiger partial charge in [0.05, 0.1) is 16.9 Å². The Morgan fingerprint density at radius 3 is 2.24 bits per heavy atom. The summed E-state index contributed by atoms with van der Waals surface area (Å²) in [5, 5.41) is 0. The van der Waals surface area contributed by atoms with Gasteiger partial charge in [-0.25, -0.2) is 8.42 Å². The molecule has 0 aromatic heterocycles. The average Bonchev–Trinajstić information content (AvgIpc) is 3.08. The van der Waals surface area contributed by atoms with Crippen LogP contribution in [0.2, 0.25) is 0 Å². The van der Waals surface area contributed by atoms with Crippen molar-refractivity contribution in [2.45, 2.75) is 49.8 Å². The molecule has 0 fully saturated rings. The monoisotopic (exact) mass is 495 g/mol. The number of nitrogens with zero attached hydrogens (tertiary/aromatic N) is 1. The van der Waals surface area contributed by atoms with Gasteiger partial charge in [-0.05, 0) is 41.8 Å². The molecule has 1 aliphatic rings. The zero-order valence-corrected chi connectivity index (χ0v) is 18.2. The molecule has 0 bridgehead atoms. The van der Waals surface area contributed by atoms with Crippen LogP contribution in [-0.2, 0) is 29.3 Å². The highest BCUT2D eigenvalue weighted by Crippen LogP contribution is 2.33. The lowest BCUT2D eigenvalue weighted by molar-refractivity contribution is -0.189. The van der Waals surface area contributed by atoms with Gasteiger partial charge in [0, 0.05) is 19.3 Å². The topological polar surface area (TPSA) is 63.7 Å². The van der Waals surface area contributed by atoms with Crippen molar-refractivity contribution in [1.82, 2.24) is 4.90 Å². The van der Waals surface area contributed by atoms with Crippen LogP contribution in [0.15, 0.2) is 41.3 Å². The third kappa shape index (κ3) is 5.98. The van der Waals surface area contributed by atoms with Crippen molar-refractivity contribution < 1.29 is 44.3 Å². The molecular weight excluding hydrogens is 476 g/mol. The van der Waals surface area contributed by atoms with Gasteiger partial charge < -0.3 is 9.64 Å². The van der Waals surface area contributed by atoms with Crippen molar-refractivity contribution in [3.63, 3.8) is 0 Å². The van der Waals surface area contributed by atoms with Gasteiger partial charge in [0.15, 0.2) is 15.9 Å². The van der Waals surface area contributed by atoms with Gasteiger partial charge in [-0.3, -0.25) is 4.79 Å². The van der Waals surface area contributed by atoms with Gasteiger partial charge in [0.1, 0.15) is 5.75 Å². The summed E-state index contributed by atoms with van der Waals surface area (Å²) in [7, 11) is -3.79. The van der Waals surface area contributed by atoms with Gasteiger partial charge in [0.2, 0.25) is 0 Å². The molecule has 0 N–H and O–H groups in total. The summed E-state index contributed by atoms with van der Waals surface area (Å²) in [6.45, 7) is 0.654. The van der Waals surface area contributed by atoms with E-state index >= 15 is 0 Å². The van der Waals surface area contributed by atoms with E-state index in [1.54, 1.807) is 0 Å². The number of hydrogen-bond acceptors (Lipinski definition) is 4. The van der Waals surface area contributed by atoms with E-state index in [2.05, 4.69) is 0 Å². The minimum atomic E-state index is -4.73. The molecule has 12 heteroatoms. The van der Waals surface area contributed by atoms with Gasteiger partial charge in [-0.1, -0.05) is 18.2 Å². The number of fused-ring (bicyclic) bond motifs is 1. The zero-order valence-electron chi connectivity index (χ0n) is 17.4. The van der Waals surface area contributed by atoms with Gasteiger partial charge in [-0.2, -0.15) is 26.3 Å². The maximum atomic E-state index is 13.2. The molecule has 2 aromatic carbocycles. The number of alkyl halides is 6. The van der Waals surface area contributed by atoms with E-state index in [-0.39, 0.29) is 23.5 Å². The van der Waals surface area contributed by atoms with Crippen LogP contribution in [0.25, 0.3) is 0 Å². The zero-order chi connectivity index (χ0) is 24.8. The van der Waals surface area contributed by atoms with Crippen molar-refractivity contribution in [3.8, 4) is 5.75 Å². The highest BCUT2D eigenvalue weighted by molar-refractivity contribution is 7.90. The molecule has 0 aliphatic carbocycles. The minimum absolute atomic E-state index is 0.00215. The Balaban J connectivity index is 1.93. The quantitative estimate of drug-likeness (QED) is 0.566. The third-order valence-electron chi connectivity index (χ3n) is 5.06. The molecule has 180 valence electrons. The second-order valence-electron chi connectivity index (χ2n) is 7.79. The summed E-state index contributed by atoms with van der Waals surface area (Å²) in [4.78, 5) is 14.1. The Labute approximate surface area is 185 Å². The highest BCUT2D eigenvalue weighted by atomic mass is 32.2. The van der Waals surface area contributed by atoms with E-state index in [1.165, 1.54) is 23.1 Å². The van der Waals surface area contributed by atoms with Crippen LogP contribution in [-0.4, -0.2) is 43.9 Å². The number of benzene rings is 2. The highest BCUT2D eigenvalue weighted by Gasteiger charge is 2.39. The Morgan fingerprint density at radius 2 is 1.67 bits per heavy atom. The standard InChI is InChI=1S/C21H19F6NO4S/c1-12(21(25,26)27)32-18-6-5-16(33(2,30)31)8-17(18)19(29)28-10-14-4-3-13(7-15(14)11-28)9-20(22,23)24/h3-8,12H,9-11H2,1-2H3. The summed E-state index contributed by atoms with van der Waals surface area (Å²) in [5.41, 5.74) is 0.671. The number of hydrogen-bond donors (Lipinski definition) is 0. The third-order valence-corrected chi connectivity index (χ3v) is 6.17. The first-order valence-corrected chi connectivity index (χ1v) is 11.5. The normalized spacial score (nSPS) is 15.3. The maximum absolute atomic E-state index is 13.2. The van der Waals surface area contributed by atoms with E-state index in [4.69, 9.17) is 4.74 Å². The number of carbonyl (C=O) groups is 1. The molecule has 1 aliphatic heterocycles. The van der Waals surface area contributed by atoms with Crippen LogP contribution in [0, 0.1) is 0 Å². The number of sulfone groups is 1. The fourth-order valence-electron chi connectivity index (χ4n) is 3.37. The Bertz CT molecular complexity index is 1170. The van der Waals surface area contributed by atoms with Crippen molar-refractivity contribution in [1.29, 1.82) is 0 Å². The van der Waals surface area contributed by atoms with Crippen LogP contribution in [0.1, 0.15) is 34.0 Å². The molecule has 0 saturated heterocycles. The van der Waals surface area contributed by atoms with Crippen LogP contribution < -0.4 is 4.74 Å². The van der Waals surface area contributed by atoms with Crippen LogP contribution in [0.4, 0.5) is 26.3 Å². The van der Waals surface area contributed by atoms with Gasteiger partial charge in [0.25, 0.3) is 5.91 Å². The Hall–Kier alpha value is -2.76. The van der Waals surface area contributed by atoms with E-state index < -0.39 is 51.9 Å². The predicted molar refractivity (Wildman–Crippen MR) is 105 cm³/mol. The number of carbonyl (C=O) groups excluding carboxylic acids is 1. The number of rotatable bonds is 5. The minimum Gasteiger partial charge on any atom is -0.480 e. The molecule has 1 unspecified atom stereocenters. The van der Waals surface area contributed by atoms with Crippen LogP contribution in [0.5, 0.6) is 5.75 Å². The average molecular weight is 495 g/mol.